The van der Waals surface area contributed by atoms with Crippen LogP contribution in [-0.2, 0) is 4.79 Å². The molecule has 0 aromatic carbocycles. The summed E-state index contributed by atoms with van der Waals surface area (Å²) in [5, 5.41) is 0.982. The second kappa shape index (κ2) is 9.25. The number of alkyl halides is 1. The van der Waals surface area contributed by atoms with Crippen LogP contribution in [-0.4, -0.2) is 29.2 Å². The van der Waals surface area contributed by atoms with Crippen molar-refractivity contribution in [2.45, 2.75) is 32.6 Å². The maximum atomic E-state index is 11.7. The number of carbonyl (C=O) groups is 1. The Hall–Kier alpha value is -0.310. The lowest BCUT2D eigenvalue weighted by Gasteiger charge is -2.20. The zero-order valence-electron chi connectivity index (χ0n) is 8.97. The van der Waals surface area contributed by atoms with Crippen LogP contribution in [0.4, 0.5) is 0 Å². The summed E-state index contributed by atoms with van der Waals surface area (Å²) in [5.41, 5.74) is 0. The fourth-order valence-corrected chi connectivity index (χ4v) is 1.67. The highest BCUT2D eigenvalue weighted by molar-refractivity contribution is 9.09. The van der Waals surface area contributed by atoms with Crippen molar-refractivity contribution in [2.24, 2.45) is 0 Å². The third-order valence-electron chi connectivity index (χ3n) is 1.97. The minimum absolute atomic E-state index is 0.257. The molecule has 0 fully saturated rings. The van der Waals surface area contributed by atoms with Crippen molar-refractivity contribution in [1.29, 1.82) is 0 Å². The molecule has 2 nitrogen and oxygen atoms in total. The van der Waals surface area contributed by atoms with Gasteiger partial charge in [-0.3, -0.25) is 4.79 Å². The van der Waals surface area contributed by atoms with Crippen molar-refractivity contribution >= 4 is 21.8 Å². The summed E-state index contributed by atoms with van der Waals surface area (Å²) in [7, 11) is 0. The molecule has 0 N–H and O–H groups in total. The molecule has 0 rings (SSSR count). The van der Waals surface area contributed by atoms with Crippen molar-refractivity contribution in [1.82, 2.24) is 4.90 Å². The highest BCUT2D eigenvalue weighted by Gasteiger charge is 2.09. The van der Waals surface area contributed by atoms with E-state index in [1.807, 2.05) is 4.90 Å². The Balaban J connectivity index is 3.81. The third kappa shape index (κ3) is 6.19. The molecule has 0 bridgehead atoms. The highest BCUT2D eigenvalue weighted by Crippen LogP contribution is 2.03. The lowest BCUT2D eigenvalue weighted by atomic mass is 10.2. The van der Waals surface area contributed by atoms with Gasteiger partial charge < -0.3 is 4.90 Å². The van der Waals surface area contributed by atoms with Crippen LogP contribution in [0.15, 0.2) is 12.7 Å². The first-order valence-electron chi connectivity index (χ1n) is 5.20. The fourth-order valence-electron chi connectivity index (χ4n) is 1.27. The first kappa shape index (κ1) is 13.7. The molecule has 0 aromatic rings. The second-order valence-electron chi connectivity index (χ2n) is 3.27. The van der Waals surface area contributed by atoms with Crippen LogP contribution in [0.1, 0.15) is 32.6 Å². The van der Waals surface area contributed by atoms with E-state index in [2.05, 4.69) is 29.4 Å². The van der Waals surface area contributed by atoms with Gasteiger partial charge in [-0.05, 0) is 19.3 Å². The molecule has 0 aliphatic heterocycles. The lowest BCUT2D eigenvalue weighted by molar-refractivity contribution is -0.130. The average molecular weight is 262 g/mol. The van der Waals surface area contributed by atoms with Gasteiger partial charge in [0.25, 0.3) is 0 Å². The molecule has 0 atom stereocenters. The first-order valence-corrected chi connectivity index (χ1v) is 6.33. The smallest absolute Gasteiger partial charge is 0.222 e. The summed E-state index contributed by atoms with van der Waals surface area (Å²) in [6.45, 7) is 7.27. The maximum Gasteiger partial charge on any atom is 0.222 e. The van der Waals surface area contributed by atoms with E-state index >= 15 is 0 Å². The monoisotopic (exact) mass is 261 g/mol. The van der Waals surface area contributed by atoms with Gasteiger partial charge in [-0.1, -0.05) is 28.9 Å². The van der Waals surface area contributed by atoms with E-state index in [1.54, 1.807) is 6.08 Å². The molecule has 0 spiro atoms. The maximum absolute atomic E-state index is 11.7. The highest BCUT2D eigenvalue weighted by atomic mass is 79.9. The molecule has 14 heavy (non-hydrogen) atoms. The molecule has 3 heteroatoms. The van der Waals surface area contributed by atoms with Gasteiger partial charge in [-0.2, -0.15) is 0 Å². The lowest BCUT2D eigenvalue weighted by Crippen LogP contribution is -2.31. The predicted octanol–water partition coefficient (Wildman–Crippen LogP) is 2.98. The number of rotatable bonds is 8. The average Bonchev–Trinajstić information content (AvgIpc) is 2.18. The number of unbranched alkanes of at least 4 members (excludes halogenated alkanes) is 1. The standard InChI is InChI=1S/C11H20BrNO/c1-3-9-13(10-4-2)11(14)7-5-6-8-12/h3H,1,4-10H2,2H3. The van der Waals surface area contributed by atoms with E-state index in [-0.39, 0.29) is 5.91 Å². The summed E-state index contributed by atoms with van der Waals surface area (Å²) in [6, 6.07) is 0. The van der Waals surface area contributed by atoms with Crippen LogP contribution >= 0.6 is 15.9 Å². The van der Waals surface area contributed by atoms with Crippen molar-refractivity contribution in [3.05, 3.63) is 12.7 Å². The number of halogens is 1. The van der Waals surface area contributed by atoms with E-state index in [0.29, 0.717) is 13.0 Å². The van der Waals surface area contributed by atoms with Crippen molar-refractivity contribution in [3.8, 4) is 0 Å². The third-order valence-corrected chi connectivity index (χ3v) is 2.53. The van der Waals surface area contributed by atoms with Gasteiger partial charge >= 0.3 is 0 Å². The first-order chi connectivity index (χ1) is 6.76. The summed E-state index contributed by atoms with van der Waals surface area (Å²) >= 11 is 3.36. The molecular formula is C11H20BrNO. The van der Waals surface area contributed by atoms with E-state index in [4.69, 9.17) is 0 Å². The van der Waals surface area contributed by atoms with E-state index < -0.39 is 0 Å². The fraction of sp³-hybridized carbons (Fsp3) is 0.727. The van der Waals surface area contributed by atoms with Gasteiger partial charge in [-0.15, -0.1) is 6.58 Å². The Morgan fingerprint density at radius 1 is 1.50 bits per heavy atom. The minimum atomic E-state index is 0.257. The van der Waals surface area contributed by atoms with Crippen molar-refractivity contribution in [2.75, 3.05) is 18.4 Å². The Morgan fingerprint density at radius 3 is 2.71 bits per heavy atom. The summed E-state index contributed by atoms with van der Waals surface area (Å²) < 4.78 is 0. The Kier molecular flexibility index (Phi) is 9.05. The molecule has 0 aliphatic carbocycles. The zero-order chi connectivity index (χ0) is 10.8. The zero-order valence-corrected chi connectivity index (χ0v) is 10.6. The summed E-state index contributed by atoms with van der Waals surface area (Å²) in [6.07, 6.45) is 5.51. The molecule has 82 valence electrons. The van der Waals surface area contributed by atoms with Gasteiger partial charge in [0.2, 0.25) is 5.91 Å². The normalized spacial score (nSPS) is 9.86. The number of carbonyl (C=O) groups excluding carboxylic acids is 1. The number of nitrogens with zero attached hydrogens (tertiary/aromatic N) is 1. The van der Waals surface area contributed by atoms with Gasteiger partial charge in [0.1, 0.15) is 0 Å². The van der Waals surface area contributed by atoms with Crippen molar-refractivity contribution < 1.29 is 4.79 Å². The molecule has 0 saturated carbocycles. The van der Waals surface area contributed by atoms with Crippen LogP contribution < -0.4 is 0 Å². The minimum Gasteiger partial charge on any atom is -0.339 e. The Bertz CT molecular complexity index is 171. The van der Waals surface area contributed by atoms with Crippen LogP contribution in [0.25, 0.3) is 0 Å². The Labute approximate surface area is 95.5 Å². The van der Waals surface area contributed by atoms with Gasteiger partial charge in [-0.25, -0.2) is 0 Å². The van der Waals surface area contributed by atoms with E-state index in [9.17, 15) is 4.79 Å². The quantitative estimate of drug-likeness (QED) is 0.374. The van der Waals surface area contributed by atoms with Gasteiger partial charge in [0.15, 0.2) is 0 Å². The molecule has 0 aliphatic rings. The molecule has 0 heterocycles. The van der Waals surface area contributed by atoms with Gasteiger partial charge in [0.05, 0.1) is 0 Å². The second-order valence-corrected chi connectivity index (χ2v) is 4.07. The van der Waals surface area contributed by atoms with Crippen LogP contribution in [0.2, 0.25) is 0 Å². The summed E-state index contributed by atoms with van der Waals surface area (Å²) in [4.78, 5) is 13.5. The van der Waals surface area contributed by atoms with E-state index in [0.717, 1.165) is 31.1 Å². The topological polar surface area (TPSA) is 20.3 Å². The predicted molar refractivity (Wildman–Crippen MR) is 64.7 cm³/mol. The number of hydrogen-bond acceptors (Lipinski definition) is 1. The molecule has 1 amide bonds. The van der Waals surface area contributed by atoms with Crippen LogP contribution in [0.3, 0.4) is 0 Å². The Morgan fingerprint density at radius 2 is 2.21 bits per heavy atom. The molecular weight excluding hydrogens is 242 g/mol. The molecule has 0 saturated heterocycles. The summed E-state index contributed by atoms with van der Waals surface area (Å²) in [5.74, 6) is 0.257. The number of amides is 1. The molecule has 0 radical (unpaired) electrons. The van der Waals surface area contributed by atoms with Crippen molar-refractivity contribution in [3.63, 3.8) is 0 Å². The largest absolute Gasteiger partial charge is 0.339 e. The molecule has 0 unspecified atom stereocenters. The van der Waals surface area contributed by atoms with Crippen LogP contribution in [0.5, 0.6) is 0 Å². The number of hydrogen-bond donors (Lipinski definition) is 0. The van der Waals surface area contributed by atoms with Gasteiger partial charge in [0, 0.05) is 24.8 Å². The SMILES string of the molecule is C=CCN(CCC)C(=O)CCCCBr. The molecule has 0 aromatic heterocycles. The van der Waals surface area contributed by atoms with E-state index in [1.165, 1.54) is 0 Å². The van der Waals surface area contributed by atoms with Crippen LogP contribution in [0, 0.1) is 0 Å².